The van der Waals surface area contributed by atoms with Crippen LogP contribution in [0.2, 0.25) is 0 Å². The van der Waals surface area contributed by atoms with Gasteiger partial charge < -0.3 is 4.74 Å². The SMILES string of the molecule is C=[N+]1CCC(C)(N2CCN([C@@H](c3ccccc3)C3CCN(Cc4ccc(OC)cc4)CC3)[C@@H](C)C2)CC1. The van der Waals surface area contributed by atoms with Crippen molar-refractivity contribution in [3.05, 3.63) is 65.7 Å². The van der Waals surface area contributed by atoms with Crippen LogP contribution in [0.25, 0.3) is 0 Å². The van der Waals surface area contributed by atoms with Crippen molar-refractivity contribution in [2.75, 3.05) is 52.9 Å². The van der Waals surface area contributed by atoms with Crippen molar-refractivity contribution >= 4 is 6.72 Å². The molecule has 0 amide bonds. The molecule has 2 aromatic rings. The number of likely N-dealkylation sites (tertiary alicyclic amines) is 1. The third-order valence-electron chi connectivity index (χ3n) is 9.52. The highest BCUT2D eigenvalue weighted by Gasteiger charge is 2.42. The summed E-state index contributed by atoms with van der Waals surface area (Å²) < 4.78 is 7.58. The van der Waals surface area contributed by atoms with Crippen molar-refractivity contribution < 1.29 is 9.31 Å². The lowest BCUT2D eigenvalue weighted by atomic mass is 9.82. The molecule has 2 atom stereocenters. The van der Waals surface area contributed by atoms with Crippen LogP contribution < -0.4 is 4.74 Å². The highest BCUT2D eigenvalue weighted by atomic mass is 16.5. The molecule has 3 saturated heterocycles. The number of hydrogen-bond donors (Lipinski definition) is 0. The van der Waals surface area contributed by atoms with Crippen molar-refractivity contribution in [3.63, 3.8) is 0 Å². The van der Waals surface area contributed by atoms with Gasteiger partial charge in [0.1, 0.15) is 25.6 Å². The number of piperidine rings is 2. The molecule has 0 bridgehead atoms. The normalized spacial score (nSPS) is 25.2. The standard InChI is InChI=1S/C32H47N4O/c1-26-24-35(32(2)16-20-33(3)21-17-32)22-23-36(26)31(28-8-6-5-7-9-28)29-14-18-34(19-15-29)25-27-10-12-30(37-4)13-11-27/h5-13,26,29,31H,3,14-25H2,1-2,4H3/q+1/t26-,31-/m0/s1. The second-order valence-electron chi connectivity index (χ2n) is 12.0. The molecule has 3 fully saturated rings. The largest absolute Gasteiger partial charge is 0.497 e. The van der Waals surface area contributed by atoms with Gasteiger partial charge in [-0.25, -0.2) is 4.58 Å². The van der Waals surface area contributed by atoms with Gasteiger partial charge >= 0.3 is 0 Å². The van der Waals surface area contributed by atoms with E-state index >= 15 is 0 Å². The molecule has 37 heavy (non-hydrogen) atoms. The minimum absolute atomic E-state index is 0.323. The highest BCUT2D eigenvalue weighted by molar-refractivity contribution is 5.27. The van der Waals surface area contributed by atoms with Crippen molar-refractivity contribution in [1.29, 1.82) is 0 Å². The zero-order valence-electron chi connectivity index (χ0n) is 23.3. The first kappa shape index (κ1) is 26.4. The molecule has 3 heterocycles. The van der Waals surface area contributed by atoms with Crippen molar-refractivity contribution in [3.8, 4) is 5.75 Å². The average molecular weight is 504 g/mol. The second kappa shape index (κ2) is 11.7. The summed E-state index contributed by atoms with van der Waals surface area (Å²) in [5.41, 5.74) is 3.21. The minimum atomic E-state index is 0.323. The van der Waals surface area contributed by atoms with Crippen LogP contribution in [0.1, 0.15) is 56.7 Å². The van der Waals surface area contributed by atoms with Gasteiger partial charge in [-0.2, -0.15) is 0 Å². The Kier molecular flexibility index (Phi) is 8.33. The molecule has 3 aliphatic rings. The van der Waals surface area contributed by atoms with E-state index in [9.17, 15) is 0 Å². The highest BCUT2D eigenvalue weighted by Crippen LogP contribution is 2.39. The third kappa shape index (κ3) is 6.10. The van der Waals surface area contributed by atoms with Gasteiger partial charge in [-0.3, -0.25) is 14.7 Å². The second-order valence-corrected chi connectivity index (χ2v) is 12.0. The molecular formula is C32H47N4O+. The molecule has 0 radical (unpaired) electrons. The average Bonchev–Trinajstić information content (AvgIpc) is 2.93. The summed E-state index contributed by atoms with van der Waals surface area (Å²) in [5, 5.41) is 0. The molecule has 0 spiro atoms. The molecule has 5 rings (SSSR count). The minimum Gasteiger partial charge on any atom is -0.497 e. The number of ether oxygens (including phenoxy) is 1. The van der Waals surface area contributed by atoms with E-state index in [4.69, 9.17) is 4.74 Å². The van der Waals surface area contributed by atoms with E-state index in [0.717, 1.165) is 31.9 Å². The van der Waals surface area contributed by atoms with Crippen LogP contribution in [-0.4, -0.2) is 90.5 Å². The zero-order chi connectivity index (χ0) is 25.8. The van der Waals surface area contributed by atoms with E-state index < -0.39 is 0 Å². The smallest absolute Gasteiger partial charge is 0.144 e. The predicted molar refractivity (Wildman–Crippen MR) is 153 cm³/mol. The zero-order valence-corrected chi connectivity index (χ0v) is 23.3. The summed E-state index contributed by atoms with van der Waals surface area (Å²) >= 11 is 0. The fourth-order valence-electron chi connectivity index (χ4n) is 7.03. The lowest BCUT2D eigenvalue weighted by Crippen LogP contribution is -2.62. The molecule has 5 heteroatoms. The van der Waals surface area contributed by atoms with Gasteiger partial charge in [0, 0.05) is 56.6 Å². The maximum Gasteiger partial charge on any atom is 0.144 e. The van der Waals surface area contributed by atoms with E-state index in [0.29, 0.717) is 23.5 Å². The summed E-state index contributed by atoms with van der Waals surface area (Å²) in [6.07, 6.45) is 5.00. The van der Waals surface area contributed by atoms with Gasteiger partial charge in [-0.05, 0) is 69.0 Å². The first-order valence-corrected chi connectivity index (χ1v) is 14.4. The first-order chi connectivity index (χ1) is 17.9. The van der Waals surface area contributed by atoms with Gasteiger partial charge in [0.15, 0.2) is 0 Å². The number of methoxy groups -OCH3 is 1. The summed E-state index contributed by atoms with van der Waals surface area (Å²) in [4.78, 5) is 8.30. The van der Waals surface area contributed by atoms with Crippen molar-refractivity contribution in [1.82, 2.24) is 14.7 Å². The lowest BCUT2D eigenvalue weighted by molar-refractivity contribution is -0.536. The van der Waals surface area contributed by atoms with Crippen LogP contribution in [0.5, 0.6) is 5.75 Å². The summed E-state index contributed by atoms with van der Waals surface area (Å²) in [6.45, 7) is 18.3. The Labute approximate surface area is 224 Å². The van der Waals surface area contributed by atoms with Crippen LogP contribution >= 0.6 is 0 Å². The molecule has 200 valence electrons. The molecule has 3 aliphatic heterocycles. The Bertz CT molecular complexity index is 1000. The van der Waals surface area contributed by atoms with E-state index in [1.807, 2.05) is 0 Å². The first-order valence-electron chi connectivity index (χ1n) is 14.4. The molecule has 0 aromatic heterocycles. The van der Waals surface area contributed by atoms with E-state index in [1.165, 1.54) is 63.0 Å². The van der Waals surface area contributed by atoms with Crippen LogP contribution in [0.3, 0.4) is 0 Å². The molecule has 0 saturated carbocycles. The van der Waals surface area contributed by atoms with Crippen LogP contribution in [0.4, 0.5) is 0 Å². The lowest BCUT2D eigenvalue weighted by Gasteiger charge is -2.52. The Morgan fingerprint density at radius 1 is 0.973 bits per heavy atom. The van der Waals surface area contributed by atoms with E-state index in [2.05, 4.69) is 94.4 Å². The number of hydrogen-bond acceptors (Lipinski definition) is 4. The van der Waals surface area contributed by atoms with Gasteiger partial charge in [0.25, 0.3) is 0 Å². The van der Waals surface area contributed by atoms with Crippen molar-refractivity contribution in [2.45, 2.75) is 63.7 Å². The topological polar surface area (TPSA) is 22.0 Å². The summed E-state index contributed by atoms with van der Waals surface area (Å²) in [6, 6.07) is 21.0. The summed E-state index contributed by atoms with van der Waals surface area (Å²) in [7, 11) is 1.73. The fraction of sp³-hybridized carbons (Fsp3) is 0.594. The Morgan fingerprint density at radius 3 is 2.27 bits per heavy atom. The van der Waals surface area contributed by atoms with E-state index in [1.54, 1.807) is 7.11 Å². The molecule has 2 aromatic carbocycles. The summed E-state index contributed by atoms with van der Waals surface area (Å²) in [5.74, 6) is 1.64. The molecule has 0 unspecified atom stereocenters. The van der Waals surface area contributed by atoms with Crippen LogP contribution in [0.15, 0.2) is 54.6 Å². The fourth-order valence-corrected chi connectivity index (χ4v) is 7.03. The van der Waals surface area contributed by atoms with E-state index in [-0.39, 0.29) is 0 Å². The van der Waals surface area contributed by atoms with Crippen LogP contribution in [-0.2, 0) is 6.54 Å². The Morgan fingerprint density at radius 2 is 1.65 bits per heavy atom. The molecular weight excluding hydrogens is 456 g/mol. The maximum absolute atomic E-state index is 5.33. The van der Waals surface area contributed by atoms with Crippen molar-refractivity contribution in [2.24, 2.45) is 5.92 Å². The van der Waals surface area contributed by atoms with Gasteiger partial charge in [0.05, 0.1) is 7.11 Å². The molecule has 0 aliphatic carbocycles. The number of nitrogens with zero attached hydrogens (tertiary/aromatic N) is 4. The number of rotatable bonds is 7. The molecule has 5 nitrogen and oxygen atoms in total. The van der Waals surface area contributed by atoms with Gasteiger partial charge in [0.2, 0.25) is 0 Å². The van der Waals surface area contributed by atoms with Gasteiger partial charge in [-0.1, -0.05) is 42.5 Å². The van der Waals surface area contributed by atoms with Gasteiger partial charge in [-0.15, -0.1) is 0 Å². The Hall–Kier alpha value is -2.21. The maximum atomic E-state index is 5.33. The monoisotopic (exact) mass is 503 g/mol. The number of benzene rings is 2. The molecule has 0 N–H and O–H groups in total. The quantitative estimate of drug-likeness (QED) is 0.500. The predicted octanol–water partition coefficient (Wildman–Crippen LogP) is 4.92. The van der Waals surface area contributed by atoms with Crippen LogP contribution in [0, 0.1) is 5.92 Å². The number of piperazine rings is 1. The Balaban J connectivity index is 1.24. The third-order valence-corrected chi connectivity index (χ3v) is 9.52.